The van der Waals surface area contributed by atoms with Crippen LogP contribution in [0.5, 0.6) is 0 Å². The zero-order valence-corrected chi connectivity index (χ0v) is 11.4. The van der Waals surface area contributed by atoms with E-state index in [1.165, 1.54) is 0 Å². The number of sulfonamides is 1. The van der Waals surface area contributed by atoms with Crippen molar-refractivity contribution in [3.05, 3.63) is 0 Å². The molecule has 0 aromatic rings. The molecule has 0 aromatic carbocycles. The van der Waals surface area contributed by atoms with Gasteiger partial charge in [-0.15, -0.1) is 0 Å². The van der Waals surface area contributed by atoms with E-state index in [9.17, 15) is 8.42 Å². The van der Waals surface area contributed by atoms with Gasteiger partial charge in [-0.2, -0.15) is 11.8 Å². The third kappa shape index (κ3) is 4.08. The van der Waals surface area contributed by atoms with Crippen LogP contribution in [0, 0.1) is 0 Å². The Morgan fingerprint density at radius 3 is 2.36 bits per heavy atom. The minimum Gasteiger partial charge on any atom is -0.212 e. The molecule has 0 radical (unpaired) electrons. The van der Waals surface area contributed by atoms with Gasteiger partial charge in [-0.3, -0.25) is 0 Å². The quantitative estimate of drug-likeness (QED) is 0.807. The number of hydrogen-bond donors (Lipinski definition) is 1. The van der Waals surface area contributed by atoms with Crippen LogP contribution in [-0.4, -0.2) is 30.6 Å². The Labute approximate surface area is 98.6 Å². The highest BCUT2D eigenvalue weighted by atomic mass is 79.9. The van der Waals surface area contributed by atoms with Gasteiger partial charge in [-0.25, -0.2) is 13.1 Å². The van der Waals surface area contributed by atoms with Gasteiger partial charge < -0.3 is 0 Å². The van der Waals surface area contributed by atoms with E-state index in [0.717, 1.165) is 30.9 Å². The van der Waals surface area contributed by atoms with Crippen molar-refractivity contribution < 1.29 is 8.42 Å². The molecule has 1 aliphatic carbocycles. The maximum Gasteiger partial charge on any atom is 0.221 e. The number of nitrogens with one attached hydrogen (secondary N) is 1. The molecule has 0 bridgehead atoms. The Bertz CT molecular complexity index is 261. The number of thioether (sulfide) groups is 1. The van der Waals surface area contributed by atoms with Crippen molar-refractivity contribution in [3.63, 3.8) is 0 Å². The summed E-state index contributed by atoms with van der Waals surface area (Å²) in [4.78, 5) is 0. The summed E-state index contributed by atoms with van der Waals surface area (Å²) in [5, 5.41) is 0.722. The van der Waals surface area contributed by atoms with Gasteiger partial charge in [0.05, 0.1) is 0 Å². The molecule has 84 valence electrons. The molecule has 0 unspecified atom stereocenters. The Morgan fingerprint density at radius 1 is 1.36 bits per heavy atom. The first-order chi connectivity index (χ1) is 6.57. The minimum atomic E-state index is -3.08. The van der Waals surface area contributed by atoms with Crippen LogP contribution in [0.15, 0.2) is 0 Å². The third-order valence-corrected chi connectivity index (χ3v) is 6.42. The second-order valence-corrected chi connectivity index (χ2v) is 7.75. The highest BCUT2D eigenvalue weighted by molar-refractivity contribution is 9.10. The van der Waals surface area contributed by atoms with Gasteiger partial charge in [-0.1, -0.05) is 15.9 Å². The Morgan fingerprint density at radius 2 is 1.93 bits per heavy atom. The van der Waals surface area contributed by atoms with E-state index in [1.54, 1.807) is 0 Å². The van der Waals surface area contributed by atoms with Crippen LogP contribution in [0.1, 0.15) is 25.7 Å². The fourth-order valence-corrected chi connectivity index (χ4v) is 3.65. The smallest absolute Gasteiger partial charge is 0.212 e. The summed E-state index contributed by atoms with van der Waals surface area (Å²) in [5.41, 5.74) is 0. The van der Waals surface area contributed by atoms with Crippen LogP contribution in [0.4, 0.5) is 0 Å². The van der Waals surface area contributed by atoms with Gasteiger partial charge in [-0.05, 0) is 31.9 Å². The van der Waals surface area contributed by atoms with E-state index in [2.05, 4.69) is 26.9 Å². The van der Waals surface area contributed by atoms with Crippen LogP contribution in [0.3, 0.4) is 0 Å². The monoisotopic (exact) mass is 301 g/mol. The summed E-state index contributed by atoms with van der Waals surface area (Å²) in [6.45, 7) is 0. The minimum absolute atomic E-state index is 0.00244. The maximum atomic E-state index is 11.3. The molecule has 0 aromatic heterocycles. The van der Waals surface area contributed by atoms with E-state index >= 15 is 0 Å². The molecule has 1 aliphatic rings. The van der Waals surface area contributed by atoms with E-state index in [-0.39, 0.29) is 10.7 Å². The van der Waals surface area contributed by atoms with E-state index in [4.69, 9.17) is 0 Å². The third-order valence-electron chi connectivity index (χ3n) is 2.50. The topological polar surface area (TPSA) is 46.2 Å². The first kappa shape index (κ1) is 12.8. The first-order valence-corrected chi connectivity index (χ1v) is 8.72. The molecule has 1 fully saturated rings. The lowest BCUT2D eigenvalue weighted by atomic mass is 9.96. The van der Waals surface area contributed by atoms with Crippen LogP contribution < -0.4 is 4.72 Å². The van der Waals surface area contributed by atoms with Crippen LogP contribution in [-0.2, 0) is 10.0 Å². The summed E-state index contributed by atoms with van der Waals surface area (Å²) in [6.07, 6.45) is 6.30. The number of alkyl halides is 1. The van der Waals surface area contributed by atoms with Crippen molar-refractivity contribution in [2.45, 2.75) is 37.0 Å². The lowest BCUT2D eigenvalue weighted by molar-refractivity contribution is 0.421. The number of rotatable bonds is 4. The molecule has 1 rings (SSSR count). The standard InChI is InChI=1S/C8H16BrNO2S2/c1-13-8-4-2-7(3-5-8)10-14(11,12)6-9/h7-8,10H,2-6H2,1H3. The average Bonchev–Trinajstić information content (AvgIpc) is 2.19. The van der Waals surface area contributed by atoms with Crippen LogP contribution in [0.2, 0.25) is 0 Å². The average molecular weight is 302 g/mol. The summed E-state index contributed by atoms with van der Waals surface area (Å²) >= 11 is 4.85. The lowest BCUT2D eigenvalue weighted by Crippen LogP contribution is -2.38. The molecule has 0 aliphatic heterocycles. The Kier molecular flexibility index (Phi) is 5.24. The van der Waals surface area contributed by atoms with Crippen molar-refractivity contribution in [1.29, 1.82) is 0 Å². The molecule has 3 nitrogen and oxygen atoms in total. The molecular weight excluding hydrogens is 286 g/mol. The summed E-state index contributed by atoms with van der Waals surface area (Å²) < 4.78 is 25.2. The van der Waals surface area contributed by atoms with Crippen molar-refractivity contribution in [2.24, 2.45) is 0 Å². The molecule has 0 saturated heterocycles. The van der Waals surface area contributed by atoms with Gasteiger partial charge in [0, 0.05) is 11.3 Å². The molecule has 0 atom stereocenters. The molecular formula is C8H16BrNO2S2. The van der Waals surface area contributed by atoms with E-state index in [1.807, 2.05) is 11.8 Å². The number of hydrogen-bond acceptors (Lipinski definition) is 3. The fraction of sp³-hybridized carbons (Fsp3) is 1.00. The first-order valence-electron chi connectivity index (χ1n) is 4.66. The zero-order valence-electron chi connectivity index (χ0n) is 8.20. The van der Waals surface area contributed by atoms with E-state index < -0.39 is 10.0 Å². The maximum absolute atomic E-state index is 11.3. The molecule has 14 heavy (non-hydrogen) atoms. The molecule has 1 N–H and O–H groups in total. The fourth-order valence-electron chi connectivity index (χ4n) is 1.70. The highest BCUT2D eigenvalue weighted by Crippen LogP contribution is 2.27. The summed E-state index contributed by atoms with van der Waals surface area (Å²) in [7, 11) is -3.08. The number of halogens is 1. The zero-order chi connectivity index (χ0) is 10.6. The molecule has 6 heteroatoms. The van der Waals surface area contributed by atoms with Crippen molar-refractivity contribution >= 4 is 37.7 Å². The second-order valence-electron chi connectivity index (χ2n) is 3.55. The SMILES string of the molecule is CSC1CCC(NS(=O)(=O)CBr)CC1. The normalized spacial score (nSPS) is 29.0. The molecule has 0 heterocycles. The van der Waals surface area contributed by atoms with Gasteiger partial charge in [0.15, 0.2) is 0 Å². The summed E-state index contributed by atoms with van der Waals surface area (Å²) in [6, 6.07) is 0.154. The molecule has 0 amide bonds. The van der Waals surface area contributed by atoms with Gasteiger partial charge in [0.25, 0.3) is 0 Å². The molecule has 1 saturated carbocycles. The second kappa shape index (κ2) is 5.72. The van der Waals surface area contributed by atoms with Crippen molar-refractivity contribution in [3.8, 4) is 0 Å². The van der Waals surface area contributed by atoms with Crippen molar-refractivity contribution in [1.82, 2.24) is 4.72 Å². The predicted molar refractivity (Wildman–Crippen MR) is 65.4 cm³/mol. The van der Waals surface area contributed by atoms with Crippen LogP contribution >= 0.6 is 27.7 Å². The van der Waals surface area contributed by atoms with Gasteiger partial charge >= 0.3 is 0 Å². The largest absolute Gasteiger partial charge is 0.221 e. The predicted octanol–water partition coefficient (Wildman–Crippen LogP) is 1.93. The van der Waals surface area contributed by atoms with Gasteiger partial charge in [0.2, 0.25) is 10.0 Å². The van der Waals surface area contributed by atoms with Crippen molar-refractivity contribution in [2.75, 3.05) is 10.9 Å². The highest BCUT2D eigenvalue weighted by Gasteiger charge is 2.23. The Hall–Kier alpha value is 0.740. The van der Waals surface area contributed by atoms with E-state index in [0.29, 0.717) is 0 Å². The summed E-state index contributed by atoms with van der Waals surface area (Å²) in [5.74, 6) is 0. The molecule has 0 spiro atoms. The lowest BCUT2D eigenvalue weighted by Gasteiger charge is -2.27. The van der Waals surface area contributed by atoms with Gasteiger partial charge in [0.1, 0.15) is 4.66 Å². The Balaban J connectivity index is 2.36. The van der Waals surface area contributed by atoms with Crippen LogP contribution in [0.25, 0.3) is 0 Å².